The van der Waals surface area contributed by atoms with Gasteiger partial charge in [-0.25, -0.2) is 13.8 Å². The van der Waals surface area contributed by atoms with Crippen LogP contribution in [0.3, 0.4) is 0 Å². The highest BCUT2D eigenvalue weighted by atomic mass is 19.1. The van der Waals surface area contributed by atoms with Gasteiger partial charge in [0.2, 0.25) is 0 Å². The Labute approximate surface area is 151 Å². The first-order chi connectivity index (χ1) is 12.6. The Hall–Kier alpha value is -2.64. The third-order valence-electron chi connectivity index (χ3n) is 4.31. The number of halogens is 2. The summed E-state index contributed by atoms with van der Waals surface area (Å²) in [5.41, 5.74) is 1.07. The lowest BCUT2D eigenvalue weighted by molar-refractivity contribution is 0.576. The normalized spacial score (nSPS) is 17.6. The molecule has 0 spiro atoms. The van der Waals surface area contributed by atoms with Gasteiger partial charge >= 0.3 is 0 Å². The van der Waals surface area contributed by atoms with Crippen LogP contribution in [0.15, 0.2) is 35.6 Å². The molecule has 8 heteroatoms. The Morgan fingerprint density at radius 2 is 2.12 bits per heavy atom. The molecule has 1 aliphatic heterocycles. The van der Waals surface area contributed by atoms with E-state index in [0.717, 1.165) is 18.5 Å². The second kappa shape index (κ2) is 8.16. The zero-order valence-corrected chi connectivity index (χ0v) is 15.0. The van der Waals surface area contributed by atoms with E-state index in [1.807, 2.05) is 20.2 Å². The lowest BCUT2D eigenvalue weighted by Gasteiger charge is -2.21. The fourth-order valence-electron chi connectivity index (χ4n) is 3.11. The number of anilines is 1. The van der Waals surface area contributed by atoms with Gasteiger partial charge in [0, 0.05) is 44.5 Å². The molecule has 0 saturated carbocycles. The molecule has 0 aliphatic carbocycles. The summed E-state index contributed by atoms with van der Waals surface area (Å²) in [6, 6.07) is 4.03. The van der Waals surface area contributed by atoms with Crippen molar-refractivity contribution in [2.75, 3.05) is 24.5 Å². The lowest BCUT2D eigenvalue weighted by Crippen LogP contribution is -2.44. The molecule has 6 nitrogen and oxygen atoms in total. The highest BCUT2D eigenvalue weighted by molar-refractivity contribution is 5.80. The second-order valence-electron chi connectivity index (χ2n) is 6.36. The molecule has 1 aromatic heterocycles. The number of rotatable bonds is 5. The van der Waals surface area contributed by atoms with Gasteiger partial charge in [0.05, 0.1) is 12.7 Å². The molecule has 0 amide bonds. The van der Waals surface area contributed by atoms with E-state index in [0.29, 0.717) is 25.6 Å². The van der Waals surface area contributed by atoms with E-state index in [1.54, 1.807) is 15.8 Å². The summed E-state index contributed by atoms with van der Waals surface area (Å²) in [6.45, 7) is 4.36. The lowest BCUT2D eigenvalue weighted by atomic mass is 10.2. The zero-order chi connectivity index (χ0) is 18.5. The minimum Gasteiger partial charge on any atom is -0.365 e. The smallest absolute Gasteiger partial charge is 0.191 e. The second-order valence-corrected chi connectivity index (χ2v) is 6.36. The van der Waals surface area contributed by atoms with Crippen molar-refractivity contribution in [2.24, 2.45) is 12.0 Å². The molecule has 1 atom stereocenters. The van der Waals surface area contributed by atoms with Crippen molar-refractivity contribution in [1.82, 2.24) is 20.4 Å². The number of hydrogen-bond donors (Lipinski definition) is 2. The summed E-state index contributed by atoms with van der Waals surface area (Å²) in [7, 11) is 1.87. The highest BCUT2D eigenvalue weighted by Gasteiger charge is 2.27. The molecule has 1 aliphatic rings. The molecule has 1 fully saturated rings. The molecular weight excluding hydrogens is 338 g/mol. The molecule has 1 aromatic carbocycles. The number of para-hydroxylation sites is 1. The van der Waals surface area contributed by atoms with Crippen LogP contribution in [0.5, 0.6) is 0 Å². The first kappa shape index (κ1) is 18.2. The predicted octanol–water partition coefficient (Wildman–Crippen LogP) is 2.03. The van der Waals surface area contributed by atoms with Gasteiger partial charge in [-0.15, -0.1) is 0 Å². The van der Waals surface area contributed by atoms with Crippen molar-refractivity contribution in [3.8, 4) is 0 Å². The molecule has 2 heterocycles. The van der Waals surface area contributed by atoms with Gasteiger partial charge in [-0.1, -0.05) is 6.07 Å². The number of benzene rings is 1. The average molecular weight is 362 g/mol. The third kappa shape index (κ3) is 4.30. The van der Waals surface area contributed by atoms with Gasteiger partial charge in [0.25, 0.3) is 0 Å². The fraction of sp³-hybridized carbons (Fsp3) is 0.444. The van der Waals surface area contributed by atoms with Crippen LogP contribution in [0, 0.1) is 11.6 Å². The molecular formula is C18H24F2N6. The number of hydrogen-bond acceptors (Lipinski definition) is 3. The summed E-state index contributed by atoms with van der Waals surface area (Å²) < 4.78 is 29.7. The Bertz CT molecular complexity index is 753. The molecule has 0 bridgehead atoms. The van der Waals surface area contributed by atoms with Gasteiger partial charge in [-0.05, 0) is 25.5 Å². The minimum absolute atomic E-state index is 0.0501. The minimum atomic E-state index is -0.525. The molecule has 2 N–H and O–H groups in total. The van der Waals surface area contributed by atoms with Crippen LogP contribution in [0.1, 0.15) is 18.9 Å². The maximum absolute atomic E-state index is 14.0. The Kier molecular flexibility index (Phi) is 5.70. The number of nitrogens with zero attached hydrogens (tertiary/aromatic N) is 4. The van der Waals surface area contributed by atoms with Crippen LogP contribution in [0.2, 0.25) is 0 Å². The molecule has 0 radical (unpaired) electrons. The molecule has 140 valence electrons. The molecule has 26 heavy (non-hydrogen) atoms. The van der Waals surface area contributed by atoms with E-state index in [4.69, 9.17) is 0 Å². The van der Waals surface area contributed by atoms with E-state index < -0.39 is 11.6 Å². The van der Waals surface area contributed by atoms with Crippen LogP contribution in [0.4, 0.5) is 14.5 Å². The van der Waals surface area contributed by atoms with E-state index in [9.17, 15) is 8.78 Å². The largest absolute Gasteiger partial charge is 0.365 e. The van der Waals surface area contributed by atoms with Crippen molar-refractivity contribution >= 4 is 11.6 Å². The van der Waals surface area contributed by atoms with Gasteiger partial charge < -0.3 is 15.5 Å². The Balaban J connectivity index is 1.63. The molecule has 1 saturated heterocycles. The van der Waals surface area contributed by atoms with Gasteiger partial charge in [0.1, 0.15) is 17.3 Å². The molecule has 3 rings (SSSR count). The maximum Gasteiger partial charge on any atom is 0.191 e. The summed E-state index contributed by atoms with van der Waals surface area (Å²) in [6.07, 6.45) is 4.49. The standard InChI is InChI=1S/C18H24F2N6/c1-3-21-18(22-9-13-10-23-25(2)11-13)24-14-7-8-26(12-14)17-15(19)5-4-6-16(17)20/h4-6,10-11,14H,3,7-9,12H2,1-2H3,(H2,21,22,24). The summed E-state index contributed by atoms with van der Waals surface area (Å²) in [5.74, 6) is -0.359. The monoisotopic (exact) mass is 362 g/mol. The van der Waals surface area contributed by atoms with E-state index in [1.165, 1.54) is 18.2 Å². The quantitative estimate of drug-likeness (QED) is 0.631. The summed E-state index contributed by atoms with van der Waals surface area (Å²) in [4.78, 5) is 6.31. The first-order valence-corrected chi connectivity index (χ1v) is 8.78. The molecule has 2 aromatic rings. The van der Waals surface area contributed by atoms with Crippen LogP contribution in [-0.2, 0) is 13.6 Å². The highest BCUT2D eigenvalue weighted by Crippen LogP contribution is 2.26. The van der Waals surface area contributed by atoms with Crippen LogP contribution in [-0.4, -0.2) is 41.4 Å². The van der Waals surface area contributed by atoms with Crippen LogP contribution >= 0.6 is 0 Å². The topological polar surface area (TPSA) is 57.5 Å². The summed E-state index contributed by atoms with van der Waals surface area (Å²) in [5, 5.41) is 10.7. The van der Waals surface area contributed by atoms with Gasteiger partial charge in [0.15, 0.2) is 5.96 Å². The van der Waals surface area contributed by atoms with E-state index in [-0.39, 0.29) is 11.7 Å². The van der Waals surface area contributed by atoms with Crippen molar-refractivity contribution < 1.29 is 8.78 Å². The van der Waals surface area contributed by atoms with Crippen molar-refractivity contribution in [3.63, 3.8) is 0 Å². The SMILES string of the molecule is CCNC(=NCc1cnn(C)c1)NC1CCN(c2c(F)cccc2F)C1. The fourth-order valence-corrected chi connectivity index (χ4v) is 3.11. The maximum atomic E-state index is 14.0. The number of guanidine groups is 1. The zero-order valence-electron chi connectivity index (χ0n) is 15.0. The first-order valence-electron chi connectivity index (χ1n) is 8.78. The van der Waals surface area contributed by atoms with Gasteiger partial charge in [-0.3, -0.25) is 4.68 Å². The van der Waals surface area contributed by atoms with Gasteiger partial charge in [-0.2, -0.15) is 5.10 Å². The van der Waals surface area contributed by atoms with Crippen molar-refractivity contribution in [2.45, 2.75) is 25.9 Å². The number of aryl methyl sites for hydroxylation is 1. The number of aliphatic imine (C=N–C) groups is 1. The number of nitrogens with one attached hydrogen (secondary N) is 2. The van der Waals surface area contributed by atoms with Crippen molar-refractivity contribution in [1.29, 1.82) is 0 Å². The Morgan fingerprint density at radius 1 is 1.35 bits per heavy atom. The van der Waals surface area contributed by atoms with Crippen LogP contribution in [0.25, 0.3) is 0 Å². The molecule has 1 unspecified atom stereocenters. The van der Waals surface area contributed by atoms with E-state index in [2.05, 4.69) is 20.7 Å². The van der Waals surface area contributed by atoms with Crippen molar-refractivity contribution in [3.05, 3.63) is 47.8 Å². The average Bonchev–Trinajstić information content (AvgIpc) is 3.22. The summed E-state index contributed by atoms with van der Waals surface area (Å²) >= 11 is 0. The Morgan fingerprint density at radius 3 is 2.77 bits per heavy atom. The third-order valence-corrected chi connectivity index (χ3v) is 4.31. The van der Waals surface area contributed by atoms with Crippen LogP contribution < -0.4 is 15.5 Å². The van der Waals surface area contributed by atoms with E-state index >= 15 is 0 Å². The number of aromatic nitrogens is 2. The predicted molar refractivity (Wildman–Crippen MR) is 98.1 cm³/mol.